The molecule has 0 fully saturated rings. The van der Waals surface area contributed by atoms with Crippen LogP contribution in [0.5, 0.6) is 0 Å². The Morgan fingerprint density at radius 2 is 2.25 bits per heavy atom. The minimum atomic E-state index is -1.09. The van der Waals surface area contributed by atoms with Crippen molar-refractivity contribution in [1.29, 1.82) is 0 Å². The Bertz CT molecular complexity index is 189. The fourth-order valence-corrected chi connectivity index (χ4v) is 0.694. The Morgan fingerprint density at radius 1 is 1.67 bits per heavy atom. The molecular formula is C8H13NO3. The standard InChI is InChI=1S/C8H13NO3/c1-3-5-7(10)9-6(4-2)8(11)12/h4,6H,2-3,5H2,1H3,(H,9,10)(H,11,12)/t6-/m1/s1. The van der Waals surface area contributed by atoms with E-state index in [2.05, 4.69) is 11.9 Å². The maximum Gasteiger partial charge on any atom is 0.330 e. The molecule has 2 N–H and O–H groups in total. The first kappa shape index (κ1) is 10.7. The second-order valence-corrected chi connectivity index (χ2v) is 2.37. The first-order valence-corrected chi connectivity index (χ1v) is 3.76. The first-order valence-electron chi connectivity index (χ1n) is 3.76. The molecule has 0 saturated heterocycles. The van der Waals surface area contributed by atoms with Gasteiger partial charge >= 0.3 is 5.97 Å². The third-order valence-corrected chi connectivity index (χ3v) is 1.30. The summed E-state index contributed by atoms with van der Waals surface area (Å²) in [6.45, 7) is 5.15. The smallest absolute Gasteiger partial charge is 0.330 e. The third-order valence-electron chi connectivity index (χ3n) is 1.30. The lowest BCUT2D eigenvalue weighted by Gasteiger charge is -2.08. The molecule has 0 aliphatic heterocycles. The van der Waals surface area contributed by atoms with E-state index >= 15 is 0 Å². The van der Waals surface area contributed by atoms with Gasteiger partial charge < -0.3 is 10.4 Å². The van der Waals surface area contributed by atoms with Crippen molar-refractivity contribution in [3.05, 3.63) is 12.7 Å². The number of amides is 1. The number of hydrogen-bond acceptors (Lipinski definition) is 2. The summed E-state index contributed by atoms with van der Waals surface area (Å²) in [5.41, 5.74) is 0. The van der Waals surface area contributed by atoms with Crippen LogP contribution in [0.4, 0.5) is 0 Å². The van der Waals surface area contributed by atoms with Crippen molar-refractivity contribution in [2.75, 3.05) is 0 Å². The van der Waals surface area contributed by atoms with E-state index in [1.807, 2.05) is 6.92 Å². The van der Waals surface area contributed by atoms with Crippen LogP contribution in [0.3, 0.4) is 0 Å². The van der Waals surface area contributed by atoms with Crippen molar-refractivity contribution in [3.63, 3.8) is 0 Å². The molecular weight excluding hydrogens is 158 g/mol. The fraction of sp³-hybridized carbons (Fsp3) is 0.500. The van der Waals surface area contributed by atoms with Gasteiger partial charge in [0.05, 0.1) is 0 Å². The predicted octanol–water partition coefficient (Wildman–Crippen LogP) is 0.542. The molecule has 1 atom stereocenters. The van der Waals surface area contributed by atoms with E-state index in [9.17, 15) is 9.59 Å². The predicted molar refractivity (Wildman–Crippen MR) is 44.7 cm³/mol. The van der Waals surface area contributed by atoms with E-state index < -0.39 is 12.0 Å². The average molecular weight is 171 g/mol. The molecule has 0 radical (unpaired) electrons. The van der Waals surface area contributed by atoms with Crippen molar-refractivity contribution in [2.45, 2.75) is 25.8 Å². The van der Waals surface area contributed by atoms with Crippen molar-refractivity contribution >= 4 is 11.9 Å². The lowest BCUT2D eigenvalue weighted by molar-refractivity contribution is -0.140. The summed E-state index contributed by atoms with van der Waals surface area (Å²) >= 11 is 0. The fourth-order valence-electron chi connectivity index (χ4n) is 0.694. The molecule has 4 heteroatoms. The second kappa shape index (κ2) is 5.35. The molecule has 68 valence electrons. The number of hydrogen-bond donors (Lipinski definition) is 2. The number of carboxylic acids is 1. The SMILES string of the molecule is C=C[C@@H](NC(=O)CCC)C(=O)O. The van der Waals surface area contributed by atoms with Crippen LogP contribution in [0.25, 0.3) is 0 Å². The largest absolute Gasteiger partial charge is 0.479 e. The van der Waals surface area contributed by atoms with Crippen molar-refractivity contribution in [3.8, 4) is 0 Å². The van der Waals surface area contributed by atoms with Gasteiger partial charge in [-0.25, -0.2) is 4.79 Å². The molecule has 0 spiro atoms. The highest BCUT2D eigenvalue weighted by atomic mass is 16.4. The lowest BCUT2D eigenvalue weighted by atomic mass is 10.2. The van der Waals surface area contributed by atoms with Crippen LogP contribution in [-0.4, -0.2) is 23.0 Å². The zero-order chi connectivity index (χ0) is 9.56. The lowest BCUT2D eigenvalue weighted by Crippen LogP contribution is -2.38. The molecule has 12 heavy (non-hydrogen) atoms. The van der Waals surface area contributed by atoms with Crippen LogP contribution in [0.2, 0.25) is 0 Å². The molecule has 0 heterocycles. The Kier molecular flexibility index (Phi) is 4.76. The van der Waals surface area contributed by atoms with Gasteiger partial charge in [0.2, 0.25) is 5.91 Å². The molecule has 1 amide bonds. The zero-order valence-electron chi connectivity index (χ0n) is 7.04. The molecule has 0 aromatic rings. The van der Waals surface area contributed by atoms with E-state index in [4.69, 9.17) is 5.11 Å². The molecule has 0 rings (SSSR count). The van der Waals surface area contributed by atoms with E-state index in [1.54, 1.807) is 0 Å². The highest BCUT2D eigenvalue weighted by Gasteiger charge is 2.14. The van der Waals surface area contributed by atoms with Crippen LogP contribution in [0.15, 0.2) is 12.7 Å². The van der Waals surface area contributed by atoms with Crippen LogP contribution < -0.4 is 5.32 Å². The quantitative estimate of drug-likeness (QED) is 0.593. The number of carbonyl (C=O) groups is 2. The maximum absolute atomic E-state index is 10.9. The summed E-state index contributed by atoms with van der Waals surface area (Å²) in [5, 5.41) is 10.8. The van der Waals surface area contributed by atoms with Gasteiger partial charge in [-0.2, -0.15) is 0 Å². The summed E-state index contributed by atoms with van der Waals surface area (Å²) in [4.78, 5) is 21.3. The van der Waals surface area contributed by atoms with E-state index in [1.165, 1.54) is 6.08 Å². The molecule has 0 aliphatic carbocycles. The monoisotopic (exact) mass is 171 g/mol. The van der Waals surface area contributed by atoms with Crippen LogP contribution >= 0.6 is 0 Å². The Balaban J connectivity index is 3.94. The summed E-state index contributed by atoms with van der Waals surface area (Å²) in [6.07, 6.45) is 2.24. The van der Waals surface area contributed by atoms with Crippen LogP contribution in [0, 0.1) is 0 Å². The van der Waals surface area contributed by atoms with Crippen molar-refractivity contribution < 1.29 is 14.7 Å². The van der Waals surface area contributed by atoms with Crippen LogP contribution in [0.1, 0.15) is 19.8 Å². The van der Waals surface area contributed by atoms with Gasteiger partial charge in [0.25, 0.3) is 0 Å². The number of carboxylic acid groups (broad SMARTS) is 1. The van der Waals surface area contributed by atoms with Gasteiger partial charge in [-0.15, -0.1) is 6.58 Å². The molecule has 4 nitrogen and oxygen atoms in total. The normalized spacial score (nSPS) is 11.8. The Morgan fingerprint density at radius 3 is 2.58 bits per heavy atom. The summed E-state index contributed by atoms with van der Waals surface area (Å²) in [5.74, 6) is -1.35. The number of nitrogens with one attached hydrogen (secondary N) is 1. The first-order chi connectivity index (χ1) is 5.61. The molecule has 0 unspecified atom stereocenters. The van der Waals surface area contributed by atoms with Crippen LogP contribution in [-0.2, 0) is 9.59 Å². The van der Waals surface area contributed by atoms with Crippen molar-refractivity contribution in [2.24, 2.45) is 0 Å². The second-order valence-electron chi connectivity index (χ2n) is 2.37. The molecule has 0 aromatic heterocycles. The Labute approximate surface area is 71.3 Å². The molecule has 0 aliphatic rings. The van der Waals surface area contributed by atoms with Gasteiger partial charge in [-0.05, 0) is 6.42 Å². The van der Waals surface area contributed by atoms with E-state index in [0.29, 0.717) is 12.8 Å². The number of rotatable bonds is 5. The van der Waals surface area contributed by atoms with Gasteiger partial charge in [0, 0.05) is 6.42 Å². The van der Waals surface area contributed by atoms with E-state index in [-0.39, 0.29) is 5.91 Å². The summed E-state index contributed by atoms with van der Waals surface area (Å²) in [6, 6.07) is -0.968. The number of aliphatic carboxylic acids is 1. The summed E-state index contributed by atoms with van der Waals surface area (Å²) < 4.78 is 0. The molecule has 0 bridgehead atoms. The topological polar surface area (TPSA) is 66.4 Å². The molecule has 0 saturated carbocycles. The summed E-state index contributed by atoms with van der Waals surface area (Å²) in [7, 11) is 0. The minimum absolute atomic E-state index is 0.259. The Hall–Kier alpha value is -1.32. The minimum Gasteiger partial charge on any atom is -0.479 e. The average Bonchev–Trinajstić information content (AvgIpc) is 2.00. The molecule has 0 aromatic carbocycles. The number of carbonyl (C=O) groups excluding carboxylic acids is 1. The highest BCUT2D eigenvalue weighted by Crippen LogP contribution is 1.90. The maximum atomic E-state index is 10.9. The van der Waals surface area contributed by atoms with E-state index in [0.717, 1.165) is 0 Å². The van der Waals surface area contributed by atoms with Gasteiger partial charge in [0.15, 0.2) is 0 Å². The van der Waals surface area contributed by atoms with Crippen molar-refractivity contribution in [1.82, 2.24) is 5.32 Å². The zero-order valence-corrected chi connectivity index (χ0v) is 7.04. The third kappa shape index (κ3) is 3.75. The van der Waals surface area contributed by atoms with Gasteiger partial charge in [0.1, 0.15) is 6.04 Å². The van der Waals surface area contributed by atoms with Gasteiger partial charge in [-0.1, -0.05) is 13.0 Å². The highest BCUT2D eigenvalue weighted by molar-refractivity contribution is 5.84. The van der Waals surface area contributed by atoms with Gasteiger partial charge in [-0.3, -0.25) is 4.79 Å².